The van der Waals surface area contributed by atoms with Crippen LogP contribution >= 0.6 is 0 Å². The summed E-state index contributed by atoms with van der Waals surface area (Å²) in [6.45, 7) is 4.84. The second kappa shape index (κ2) is 7.72. The molecule has 37 heavy (non-hydrogen) atoms. The molecule has 6 rings (SSSR count). The first-order valence-corrected chi connectivity index (χ1v) is 12.8. The highest BCUT2D eigenvalue weighted by Crippen LogP contribution is 2.78. The summed E-state index contributed by atoms with van der Waals surface area (Å²) in [5.74, 6) is -4.27. The largest absolute Gasteiger partial charge is 0.481 e. The Morgan fingerprint density at radius 1 is 1.19 bits per heavy atom. The summed E-state index contributed by atoms with van der Waals surface area (Å²) in [5, 5.41) is 73.5. The van der Waals surface area contributed by atoms with Crippen LogP contribution < -0.4 is 0 Å². The van der Waals surface area contributed by atoms with Crippen LogP contribution in [0.25, 0.3) is 0 Å². The van der Waals surface area contributed by atoms with Gasteiger partial charge in [-0.1, -0.05) is 6.58 Å². The van der Waals surface area contributed by atoms with E-state index < -0.39 is 101 Å². The number of aliphatic hydroxyl groups is 6. The first-order chi connectivity index (χ1) is 17.3. The summed E-state index contributed by atoms with van der Waals surface area (Å²) in [7, 11) is 0. The van der Waals surface area contributed by atoms with Crippen molar-refractivity contribution in [2.75, 3.05) is 6.61 Å². The maximum Gasteiger partial charge on any atom is 0.315 e. The number of fused-ring (bicyclic) bond motifs is 1. The fourth-order valence-corrected chi connectivity index (χ4v) is 9.16. The van der Waals surface area contributed by atoms with Crippen molar-refractivity contribution in [3.63, 3.8) is 0 Å². The van der Waals surface area contributed by atoms with E-state index in [0.717, 1.165) is 0 Å². The molecule has 6 fully saturated rings. The van der Waals surface area contributed by atoms with Crippen molar-refractivity contribution in [1.29, 1.82) is 0 Å². The third kappa shape index (κ3) is 2.90. The monoisotopic (exact) mass is 526 g/mol. The topological polar surface area (TPSA) is 203 Å². The van der Waals surface area contributed by atoms with Gasteiger partial charge in [-0.05, 0) is 43.6 Å². The number of carbonyl (C=O) groups is 2. The molecule has 4 bridgehead atoms. The van der Waals surface area contributed by atoms with Gasteiger partial charge in [0.05, 0.1) is 30.3 Å². The Morgan fingerprint density at radius 3 is 2.54 bits per heavy atom. The van der Waals surface area contributed by atoms with Gasteiger partial charge in [-0.25, -0.2) is 0 Å². The average molecular weight is 527 g/mol. The third-order valence-corrected chi connectivity index (χ3v) is 10.7. The van der Waals surface area contributed by atoms with E-state index in [9.17, 15) is 45.3 Å². The lowest BCUT2D eigenvalue weighted by molar-refractivity contribution is -0.326. The van der Waals surface area contributed by atoms with Gasteiger partial charge in [0.25, 0.3) is 0 Å². The van der Waals surface area contributed by atoms with Crippen LogP contribution in [-0.4, -0.2) is 108 Å². The molecule has 14 atom stereocenters. The van der Waals surface area contributed by atoms with Crippen molar-refractivity contribution in [1.82, 2.24) is 0 Å². The van der Waals surface area contributed by atoms with Gasteiger partial charge in [0.15, 0.2) is 6.29 Å². The van der Waals surface area contributed by atoms with Crippen LogP contribution in [0.15, 0.2) is 12.2 Å². The van der Waals surface area contributed by atoms with E-state index in [-0.39, 0.29) is 19.3 Å². The van der Waals surface area contributed by atoms with Crippen LogP contribution in [0.4, 0.5) is 0 Å². The molecular weight excluding hydrogens is 492 g/mol. The average Bonchev–Trinajstić information content (AvgIpc) is 3.26. The van der Waals surface area contributed by atoms with Crippen molar-refractivity contribution in [2.24, 2.45) is 28.6 Å². The molecule has 0 aromatic heterocycles. The molecule has 7 N–H and O–H groups in total. The zero-order valence-corrected chi connectivity index (χ0v) is 20.4. The summed E-state index contributed by atoms with van der Waals surface area (Å²) < 4.78 is 17.5. The molecule has 0 aromatic carbocycles. The maximum atomic E-state index is 13.4. The number of carboxylic acid groups (broad SMARTS) is 1. The standard InChI is InChI=1S/C25H34O12/c1-9-5-23-8-24(9,34)4-3-12(23)25-6-10(35-20-16(29)15(28)14(27)11(7-26)36-20)18(30)22(2,21(33)37-25)17(25)13(23)19(31)32/h10-18,20,26-30,34H,1,3-8H2,2H3,(H,31,32)/t10-,11-,12+,13+,14+,15-,16-,17+,18-,20+,22-,23-,24-,25+/m0/s1. The molecule has 0 aromatic rings. The number of hydrogen-bond acceptors (Lipinski definition) is 11. The number of hydrogen-bond donors (Lipinski definition) is 7. The van der Waals surface area contributed by atoms with Gasteiger partial charge in [0.1, 0.15) is 35.4 Å². The minimum Gasteiger partial charge on any atom is -0.481 e. The smallest absolute Gasteiger partial charge is 0.315 e. The number of esters is 1. The Labute approximate surface area is 212 Å². The summed E-state index contributed by atoms with van der Waals surface area (Å²) in [6, 6.07) is 0. The fraction of sp³-hybridized carbons (Fsp3) is 0.840. The summed E-state index contributed by atoms with van der Waals surface area (Å²) in [4.78, 5) is 26.2. The van der Waals surface area contributed by atoms with Crippen LogP contribution in [0.2, 0.25) is 0 Å². The first-order valence-electron chi connectivity index (χ1n) is 12.8. The molecule has 4 aliphatic carbocycles. The van der Waals surface area contributed by atoms with E-state index in [1.807, 2.05) is 0 Å². The van der Waals surface area contributed by atoms with E-state index in [2.05, 4.69) is 6.58 Å². The second-order valence-electron chi connectivity index (χ2n) is 12.3. The van der Waals surface area contributed by atoms with Crippen molar-refractivity contribution < 1.29 is 59.5 Å². The first kappa shape index (κ1) is 25.6. The number of carboxylic acids is 1. The van der Waals surface area contributed by atoms with Crippen LogP contribution in [0.3, 0.4) is 0 Å². The molecule has 12 heteroatoms. The number of aliphatic hydroxyl groups excluding tert-OH is 5. The zero-order chi connectivity index (χ0) is 26.9. The lowest BCUT2D eigenvalue weighted by Crippen LogP contribution is -2.63. The molecule has 2 saturated heterocycles. The second-order valence-corrected chi connectivity index (χ2v) is 12.3. The molecule has 12 nitrogen and oxygen atoms in total. The SMILES string of the molecule is C=C1C[C@]23C[C@@]1(O)CC[C@H]2[C@@]12C[C@H](O[C@@H]4O[C@@H](CO)[C@@H](O)[C@H](O)[C@@H]4O)[C@H](O)[C@@](C)(C(=O)O1)[C@H]2[C@@H]3C(=O)O. The number of rotatable bonds is 4. The van der Waals surface area contributed by atoms with Crippen LogP contribution in [-0.2, 0) is 23.8 Å². The van der Waals surface area contributed by atoms with Crippen LogP contribution in [0.5, 0.6) is 0 Å². The molecule has 0 radical (unpaired) electrons. The minimum absolute atomic E-state index is 0.0870. The Kier molecular flexibility index (Phi) is 5.35. The molecule has 2 heterocycles. The van der Waals surface area contributed by atoms with Crippen molar-refractivity contribution in [2.45, 2.75) is 93.1 Å². The van der Waals surface area contributed by atoms with Crippen molar-refractivity contribution >= 4 is 11.9 Å². The van der Waals surface area contributed by atoms with E-state index in [4.69, 9.17) is 14.2 Å². The Bertz CT molecular complexity index is 1050. The van der Waals surface area contributed by atoms with Gasteiger partial charge >= 0.3 is 11.9 Å². The molecule has 206 valence electrons. The summed E-state index contributed by atoms with van der Waals surface area (Å²) >= 11 is 0. The minimum atomic E-state index is -1.72. The molecule has 1 spiro atoms. The number of carbonyl (C=O) groups excluding carboxylic acids is 1. The lowest BCUT2D eigenvalue weighted by Gasteiger charge is -2.49. The normalized spacial score (nSPS) is 58.1. The summed E-state index contributed by atoms with van der Waals surface area (Å²) in [5.41, 5.74) is -4.52. The van der Waals surface area contributed by atoms with Gasteiger partial charge in [-0.15, -0.1) is 0 Å². The molecule has 6 aliphatic rings. The van der Waals surface area contributed by atoms with Gasteiger partial charge in [-0.3, -0.25) is 9.59 Å². The Morgan fingerprint density at radius 2 is 1.89 bits per heavy atom. The highest BCUT2D eigenvalue weighted by molar-refractivity contribution is 5.85. The van der Waals surface area contributed by atoms with Gasteiger partial charge in [-0.2, -0.15) is 0 Å². The molecular formula is C25H34O12. The highest BCUT2D eigenvalue weighted by Gasteiger charge is 2.85. The Balaban J connectivity index is 1.40. The summed E-state index contributed by atoms with van der Waals surface area (Å²) in [6.07, 6.45) is -9.40. The predicted molar refractivity (Wildman–Crippen MR) is 119 cm³/mol. The molecule has 4 saturated carbocycles. The van der Waals surface area contributed by atoms with E-state index in [1.54, 1.807) is 0 Å². The quantitative estimate of drug-likeness (QED) is 0.158. The van der Waals surface area contributed by atoms with E-state index in [1.165, 1.54) is 6.92 Å². The predicted octanol–water partition coefficient (Wildman–Crippen LogP) is -1.95. The van der Waals surface area contributed by atoms with Crippen LogP contribution in [0.1, 0.15) is 39.0 Å². The zero-order valence-electron chi connectivity index (χ0n) is 20.4. The van der Waals surface area contributed by atoms with Gasteiger partial charge in [0, 0.05) is 18.3 Å². The number of aliphatic carboxylic acids is 1. The maximum absolute atomic E-state index is 13.4. The Hall–Kier alpha value is -1.64. The fourth-order valence-electron chi connectivity index (χ4n) is 9.16. The molecule has 2 aliphatic heterocycles. The molecule has 0 amide bonds. The third-order valence-electron chi connectivity index (χ3n) is 10.7. The van der Waals surface area contributed by atoms with Crippen molar-refractivity contribution in [3.05, 3.63) is 12.2 Å². The van der Waals surface area contributed by atoms with E-state index in [0.29, 0.717) is 18.4 Å². The van der Waals surface area contributed by atoms with Crippen LogP contribution in [0, 0.1) is 28.6 Å². The van der Waals surface area contributed by atoms with E-state index >= 15 is 0 Å². The molecule has 0 unspecified atom stereocenters. The van der Waals surface area contributed by atoms with Gasteiger partial charge < -0.3 is 50.0 Å². The van der Waals surface area contributed by atoms with Crippen molar-refractivity contribution in [3.8, 4) is 0 Å². The number of ether oxygens (including phenoxy) is 3. The van der Waals surface area contributed by atoms with Gasteiger partial charge in [0.2, 0.25) is 0 Å². The lowest BCUT2D eigenvalue weighted by atomic mass is 9.58. The highest BCUT2D eigenvalue weighted by atomic mass is 16.7.